The van der Waals surface area contributed by atoms with Gasteiger partial charge in [0.15, 0.2) is 0 Å². The molecule has 3 rings (SSSR count). The van der Waals surface area contributed by atoms with Crippen molar-refractivity contribution in [3.63, 3.8) is 0 Å². The second kappa shape index (κ2) is 10.5. The van der Waals surface area contributed by atoms with Gasteiger partial charge in [0.05, 0.1) is 29.8 Å². The first-order chi connectivity index (χ1) is 16.8. The maximum atomic E-state index is 13.2. The molecule has 0 fully saturated rings. The van der Waals surface area contributed by atoms with E-state index < -0.39 is 28.0 Å². The number of benzene rings is 3. The Hall–Kier alpha value is -3.64. The fraction of sp³-hybridized carbons (Fsp3) is 0.174. The number of sulfonamides is 1. The summed E-state index contributed by atoms with van der Waals surface area (Å²) in [5, 5.41) is 2.64. The molecule has 13 heteroatoms. The van der Waals surface area contributed by atoms with Crippen molar-refractivity contribution in [1.82, 2.24) is 0 Å². The summed E-state index contributed by atoms with van der Waals surface area (Å²) < 4.78 is 79.8. The molecule has 3 aromatic carbocycles. The number of rotatable bonds is 8. The predicted octanol–water partition coefficient (Wildman–Crippen LogP) is 5.62. The largest absolute Gasteiger partial charge is 0.573 e. The highest BCUT2D eigenvalue weighted by molar-refractivity contribution is 7.92. The van der Waals surface area contributed by atoms with Crippen molar-refractivity contribution in [2.24, 2.45) is 0 Å². The molecule has 0 radical (unpaired) electrons. The first-order valence-corrected chi connectivity index (χ1v) is 11.9. The van der Waals surface area contributed by atoms with Crippen molar-refractivity contribution in [1.29, 1.82) is 0 Å². The SMILES string of the molecule is COc1cc(OC)c(NS(=O)(=O)c2cc(C(=O)Nc3ccc(OC(F)(F)F)cc3)ccc2C)cc1Cl. The second-order valence-corrected chi connectivity index (χ2v) is 9.36. The van der Waals surface area contributed by atoms with Crippen LogP contribution in [0.1, 0.15) is 15.9 Å². The van der Waals surface area contributed by atoms with Crippen LogP contribution in [0.15, 0.2) is 59.5 Å². The van der Waals surface area contributed by atoms with Crippen molar-refractivity contribution < 1.29 is 40.6 Å². The third kappa shape index (κ3) is 6.52. The summed E-state index contributed by atoms with van der Waals surface area (Å²) in [4.78, 5) is 12.5. The van der Waals surface area contributed by atoms with Crippen LogP contribution in [0.5, 0.6) is 17.2 Å². The highest BCUT2D eigenvalue weighted by atomic mass is 35.5. The fourth-order valence-corrected chi connectivity index (χ4v) is 4.69. The van der Waals surface area contributed by atoms with E-state index in [2.05, 4.69) is 14.8 Å². The third-order valence-electron chi connectivity index (χ3n) is 4.80. The number of nitrogens with one attached hydrogen (secondary N) is 2. The van der Waals surface area contributed by atoms with Crippen molar-refractivity contribution >= 4 is 38.9 Å². The van der Waals surface area contributed by atoms with Gasteiger partial charge in [-0.25, -0.2) is 8.42 Å². The molecule has 0 heterocycles. The molecule has 36 heavy (non-hydrogen) atoms. The Morgan fingerprint density at radius 3 is 2.17 bits per heavy atom. The number of anilines is 2. The van der Waals surface area contributed by atoms with E-state index in [0.717, 1.165) is 12.1 Å². The number of hydrogen-bond donors (Lipinski definition) is 2. The number of amides is 1. The molecule has 0 bridgehead atoms. The Morgan fingerprint density at radius 1 is 0.944 bits per heavy atom. The average molecular weight is 545 g/mol. The van der Waals surface area contributed by atoms with Gasteiger partial charge >= 0.3 is 6.36 Å². The zero-order chi connectivity index (χ0) is 26.7. The molecule has 3 aromatic rings. The molecule has 0 aromatic heterocycles. The van der Waals surface area contributed by atoms with Gasteiger partial charge in [0.25, 0.3) is 15.9 Å². The van der Waals surface area contributed by atoms with Crippen molar-refractivity contribution in [3.05, 3.63) is 70.7 Å². The molecule has 0 spiro atoms. The van der Waals surface area contributed by atoms with E-state index in [9.17, 15) is 26.4 Å². The normalized spacial score (nSPS) is 11.5. The monoisotopic (exact) mass is 544 g/mol. The predicted molar refractivity (Wildman–Crippen MR) is 128 cm³/mol. The highest BCUT2D eigenvalue weighted by Gasteiger charge is 2.31. The van der Waals surface area contributed by atoms with Gasteiger partial charge in [0.1, 0.15) is 17.2 Å². The lowest BCUT2D eigenvalue weighted by molar-refractivity contribution is -0.274. The van der Waals surface area contributed by atoms with Crippen LogP contribution in [0.3, 0.4) is 0 Å². The first kappa shape index (κ1) is 27.0. The molecule has 0 saturated heterocycles. The van der Waals surface area contributed by atoms with Crippen LogP contribution in [0, 0.1) is 6.92 Å². The molecule has 192 valence electrons. The molecule has 0 aliphatic rings. The van der Waals surface area contributed by atoms with Crippen LogP contribution in [0.25, 0.3) is 0 Å². The van der Waals surface area contributed by atoms with Crippen LogP contribution in [0.2, 0.25) is 5.02 Å². The smallest absolute Gasteiger partial charge is 0.495 e. The van der Waals surface area contributed by atoms with Crippen LogP contribution >= 0.6 is 11.6 Å². The maximum absolute atomic E-state index is 13.2. The van der Waals surface area contributed by atoms with E-state index in [4.69, 9.17) is 21.1 Å². The molecule has 8 nitrogen and oxygen atoms in total. The minimum atomic E-state index is -4.84. The van der Waals surface area contributed by atoms with Crippen molar-refractivity contribution in [2.75, 3.05) is 24.3 Å². The second-order valence-electron chi connectivity index (χ2n) is 7.30. The topological polar surface area (TPSA) is 103 Å². The minimum absolute atomic E-state index is 0.00341. The van der Waals surface area contributed by atoms with Crippen molar-refractivity contribution in [3.8, 4) is 17.2 Å². The van der Waals surface area contributed by atoms with E-state index in [-0.39, 0.29) is 38.4 Å². The summed E-state index contributed by atoms with van der Waals surface area (Å²) in [5.41, 5.74) is 0.580. The van der Waals surface area contributed by atoms with E-state index in [0.29, 0.717) is 5.56 Å². The molecule has 0 atom stereocenters. The van der Waals surface area contributed by atoms with Crippen LogP contribution in [-0.2, 0) is 10.0 Å². The van der Waals surface area contributed by atoms with Gasteiger partial charge in [0, 0.05) is 17.3 Å². The van der Waals surface area contributed by atoms with Gasteiger partial charge in [0.2, 0.25) is 0 Å². The lowest BCUT2D eigenvalue weighted by atomic mass is 10.1. The zero-order valence-corrected chi connectivity index (χ0v) is 20.6. The molecular weight excluding hydrogens is 525 g/mol. The van der Waals surface area contributed by atoms with Crippen molar-refractivity contribution in [2.45, 2.75) is 18.2 Å². The number of halogens is 4. The lowest BCUT2D eigenvalue weighted by Crippen LogP contribution is -2.18. The van der Waals surface area contributed by atoms with Gasteiger partial charge < -0.3 is 19.5 Å². The number of carbonyl (C=O) groups excluding carboxylic acids is 1. The zero-order valence-electron chi connectivity index (χ0n) is 19.1. The summed E-state index contributed by atoms with van der Waals surface area (Å²) in [6, 6.07) is 11.3. The Morgan fingerprint density at radius 2 is 1.58 bits per heavy atom. The lowest BCUT2D eigenvalue weighted by Gasteiger charge is -2.16. The first-order valence-electron chi connectivity index (χ1n) is 10.0. The Bertz CT molecular complexity index is 1380. The van der Waals surface area contributed by atoms with Gasteiger partial charge in [-0.2, -0.15) is 0 Å². The number of hydrogen-bond acceptors (Lipinski definition) is 6. The highest BCUT2D eigenvalue weighted by Crippen LogP contribution is 2.37. The number of carbonyl (C=O) groups is 1. The number of ether oxygens (including phenoxy) is 3. The molecule has 0 aliphatic carbocycles. The Kier molecular flexibility index (Phi) is 7.89. The summed E-state index contributed by atoms with van der Waals surface area (Å²) in [6.07, 6.45) is -4.84. The third-order valence-corrected chi connectivity index (χ3v) is 6.61. The fourth-order valence-electron chi connectivity index (χ4n) is 3.11. The maximum Gasteiger partial charge on any atom is 0.573 e. The van der Waals surface area contributed by atoms with Gasteiger partial charge in [-0.1, -0.05) is 17.7 Å². The molecular formula is C23H20ClF3N2O6S. The van der Waals surface area contributed by atoms with E-state index in [1.165, 1.54) is 56.7 Å². The molecule has 0 saturated carbocycles. The Labute approximate surface area is 210 Å². The quantitative estimate of drug-likeness (QED) is 0.382. The molecule has 1 amide bonds. The minimum Gasteiger partial charge on any atom is -0.495 e. The molecule has 2 N–H and O–H groups in total. The van der Waals surface area contributed by atoms with Crippen LogP contribution < -0.4 is 24.2 Å². The van der Waals surface area contributed by atoms with E-state index in [1.54, 1.807) is 6.92 Å². The average Bonchev–Trinajstić information content (AvgIpc) is 2.79. The van der Waals surface area contributed by atoms with Crippen LogP contribution in [0.4, 0.5) is 24.5 Å². The van der Waals surface area contributed by atoms with E-state index >= 15 is 0 Å². The van der Waals surface area contributed by atoms with Gasteiger partial charge in [-0.3, -0.25) is 9.52 Å². The van der Waals surface area contributed by atoms with Gasteiger partial charge in [-0.15, -0.1) is 13.2 Å². The molecule has 0 unspecified atom stereocenters. The number of methoxy groups -OCH3 is 2. The molecule has 0 aliphatic heterocycles. The number of alkyl halides is 3. The van der Waals surface area contributed by atoms with Crippen LogP contribution in [-0.4, -0.2) is 34.9 Å². The van der Waals surface area contributed by atoms with Gasteiger partial charge in [-0.05, 0) is 55.0 Å². The summed E-state index contributed by atoms with van der Waals surface area (Å²) >= 11 is 6.12. The summed E-state index contributed by atoms with van der Waals surface area (Å²) in [6.45, 7) is 1.55. The number of aryl methyl sites for hydroxylation is 1. The van der Waals surface area contributed by atoms with E-state index in [1.807, 2.05) is 0 Å². The standard InChI is InChI=1S/C23H20ClF3N2O6S/c1-13-4-5-14(22(30)28-15-6-8-16(9-7-15)35-23(25,26)27)10-21(13)36(31,32)29-18-11-17(24)19(33-2)12-20(18)34-3/h4-12,29H,1-3H3,(H,28,30). The summed E-state index contributed by atoms with van der Waals surface area (Å²) in [5.74, 6) is -0.695. The summed E-state index contributed by atoms with van der Waals surface area (Å²) in [7, 11) is -1.45. The Balaban J connectivity index is 1.84.